The summed E-state index contributed by atoms with van der Waals surface area (Å²) in [5.41, 5.74) is 3.65. The summed E-state index contributed by atoms with van der Waals surface area (Å²) in [6.45, 7) is 7.67. The average Bonchev–Trinajstić information content (AvgIpc) is 3.24. The van der Waals surface area contributed by atoms with Gasteiger partial charge in [0.25, 0.3) is 0 Å². The maximum atomic E-state index is 13.0. The van der Waals surface area contributed by atoms with E-state index in [1.165, 1.54) is 0 Å². The molecule has 0 bridgehead atoms. The van der Waals surface area contributed by atoms with Crippen molar-refractivity contribution in [2.75, 3.05) is 20.2 Å². The van der Waals surface area contributed by atoms with Gasteiger partial charge < -0.3 is 14.2 Å². The molecule has 7 nitrogen and oxygen atoms in total. The Bertz CT molecular complexity index is 1330. The second kappa shape index (κ2) is 10.5. The summed E-state index contributed by atoms with van der Waals surface area (Å²) in [5.74, 6) is 1.45. The smallest absolute Gasteiger partial charge is 0.225 e. The molecule has 0 unspecified atom stereocenters. The van der Waals surface area contributed by atoms with Crippen molar-refractivity contribution < 1.29 is 14.3 Å². The number of pyridine rings is 1. The van der Waals surface area contributed by atoms with Crippen LogP contribution in [0.1, 0.15) is 66.6 Å². The van der Waals surface area contributed by atoms with Crippen molar-refractivity contribution in [2.24, 2.45) is 18.9 Å². The SMILES string of the molecule is COc1c(CC(=O)c2cccc(C#N)c2)cnc2c1c(C1CCN(C(=O)[C@H](C)C(C)C)CC1)cn2C. The number of hydrogen-bond donors (Lipinski definition) is 0. The van der Waals surface area contributed by atoms with Crippen molar-refractivity contribution in [3.8, 4) is 11.8 Å². The van der Waals surface area contributed by atoms with Gasteiger partial charge in [0.15, 0.2) is 5.78 Å². The average molecular weight is 487 g/mol. The van der Waals surface area contributed by atoms with Crippen LogP contribution in [0.15, 0.2) is 36.7 Å². The van der Waals surface area contributed by atoms with Gasteiger partial charge in [-0.3, -0.25) is 9.59 Å². The van der Waals surface area contributed by atoms with Crippen LogP contribution in [-0.4, -0.2) is 46.3 Å². The fourth-order valence-corrected chi connectivity index (χ4v) is 5.08. The molecule has 4 rings (SSSR count). The van der Waals surface area contributed by atoms with E-state index in [9.17, 15) is 14.9 Å². The van der Waals surface area contributed by atoms with Crippen LogP contribution in [0.2, 0.25) is 0 Å². The van der Waals surface area contributed by atoms with Crippen LogP contribution in [0.5, 0.6) is 5.75 Å². The number of ketones is 1. The van der Waals surface area contributed by atoms with Gasteiger partial charge in [0.2, 0.25) is 5.91 Å². The lowest BCUT2D eigenvalue weighted by atomic mass is 9.87. The van der Waals surface area contributed by atoms with Gasteiger partial charge in [-0.2, -0.15) is 5.26 Å². The number of carbonyl (C=O) groups excluding carboxylic acids is 2. The van der Waals surface area contributed by atoms with Gasteiger partial charge in [-0.15, -0.1) is 0 Å². The van der Waals surface area contributed by atoms with E-state index in [1.54, 1.807) is 37.6 Å². The molecule has 0 aliphatic carbocycles. The minimum Gasteiger partial charge on any atom is -0.496 e. The van der Waals surface area contributed by atoms with Gasteiger partial charge in [-0.1, -0.05) is 32.9 Å². The highest BCUT2D eigenvalue weighted by atomic mass is 16.5. The van der Waals surface area contributed by atoms with Gasteiger partial charge in [-0.05, 0) is 42.4 Å². The number of hydrogen-bond acceptors (Lipinski definition) is 5. The Labute approximate surface area is 212 Å². The highest BCUT2D eigenvalue weighted by molar-refractivity contribution is 5.99. The summed E-state index contributed by atoms with van der Waals surface area (Å²) in [7, 11) is 3.60. The summed E-state index contributed by atoms with van der Waals surface area (Å²) < 4.78 is 7.89. The summed E-state index contributed by atoms with van der Waals surface area (Å²) in [5, 5.41) is 10.1. The second-order valence-electron chi connectivity index (χ2n) is 10.1. The molecule has 7 heteroatoms. The molecule has 0 spiro atoms. The first-order chi connectivity index (χ1) is 17.2. The number of nitriles is 1. The van der Waals surface area contributed by atoms with Crippen molar-refractivity contribution in [3.05, 3.63) is 58.9 Å². The number of Topliss-reactive ketones (excluding diaryl/α,β-unsaturated/α-hetero) is 1. The van der Waals surface area contributed by atoms with E-state index >= 15 is 0 Å². The fraction of sp³-hybridized carbons (Fsp3) is 0.448. The maximum Gasteiger partial charge on any atom is 0.225 e. The molecule has 0 radical (unpaired) electrons. The van der Waals surface area contributed by atoms with Crippen LogP contribution in [0.3, 0.4) is 0 Å². The number of aromatic nitrogens is 2. The standard InChI is InChI=1S/C29H34N4O3/c1-18(2)19(3)29(35)33-11-9-21(10-12-33)24-17-32(4)28-26(24)27(36-5)23(16-31-28)14-25(34)22-8-6-7-20(13-22)15-30/h6-8,13,16-19,21H,9-12,14H2,1-5H3/t19-/m1/s1. The monoisotopic (exact) mass is 486 g/mol. The molecule has 1 atom stereocenters. The fourth-order valence-electron chi connectivity index (χ4n) is 5.08. The number of piperidine rings is 1. The van der Waals surface area contributed by atoms with Gasteiger partial charge >= 0.3 is 0 Å². The number of benzene rings is 1. The Kier molecular flexibility index (Phi) is 7.44. The van der Waals surface area contributed by atoms with Crippen molar-refractivity contribution in [1.82, 2.24) is 14.5 Å². The number of methoxy groups -OCH3 is 1. The lowest BCUT2D eigenvalue weighted by molar-refractivity contribution is -0.137. The zero-order chi connectivity index (χ0) is 26.0. The number of aryl methyl sites for hydroxylation is 1. The van der Waals surface area contributed by atoms with Crippen molar-refractivity contribution in [3.63, 3.8) is 0 Å². The molecule has 188 valence electrons. The number of nitrogens with zero attached hydrogens (tertiary/aromatic N) is 4. The predicted molar refractivity (Wildman–Crippen MR) is 139 cm³/mol. The Morgan fingerprint density at radius 3 is 2.58 bits per heavy atom. The summed E-state index contributed by atoms with van der Waals surface area (Å²) in [4.78, 5) is 32.6. The first-order valence-electron chi connectivity index (χ1n) is 12.6. The number of amides is 1. The minimum atomic E-state index is -0.0878. The summed E-state index contributed by atoms with van der Waals surface area (Å²) in [6.07, 6.45) is 5.72. The molecule has 0 saturated carbocycles. The van der Waals surface area contributed by atoms with E-state index < -0.39 is 0 Å². The number of fused-ring (bicyclic) bond motifs is 1. The van der Waals surface area contributed by atoms with E-state index in [-0.39, 0.29) is 29.9 Å². The maximum absolute atomic E-state index is 13.0. The molecule has 36 heavy (non-hydrogen) atoms. The lowest BCUT2D eigenvalue weighted by Crippen LogP contribution is -2.41. The largest absolute Gasteiger partial charge is 0.496 e. The Hall–Kier alpha value is -3.66. The van der Waals surface area contributed by atoms with Crippen LogP contribution in [0, 0.1) is 23.2 Å². The first-order valence-corrected chi connectivity index (χ1v) is 12.6. The number of carbonyl (C=O) groups is 2. The quantitative estimate of drug-likeness (QED) is 0.444. The third kappa shape index (κ3) is 4.86. The molecule has 3 heterocycles. The molecular formula is C29H34N4O3. The number of ether oxygens (including phenoxy) is 1. The Morgan fingerprint density at radius 1 is 1.22 bits per heavy atom. The molecule has 1 aromatic carbocycles. The molecule has 1 amide bonds. The second-order valence-corrected chi connectivity index (χ2v) is 10.1. The highest BCUT2D eigenvalue weighted by Gasteiger charge is 2.30. The molecule has 2 aromatic heterocycles. The van der Waals surface area contributed by atoms with E-state index in [0.717, 1.165) is 48.1 Å². The third-order valence-electron chi connectivity index (χ3n) is 7.55. The lowest BCUT2D eigenvalue weighted by Gasteiger charge is -2.34. The molecular weight excluding hydrogens is 452 g/mol. The normalized spacial score (nSPS) is 15.2. The van der Waals surface area contributed by atoms with E-state index in [2.05, 4.69) is 31.1 Å². The molecule has 3 aromatic rings. The summed E-state index contributed by atoms with van der Waals surface area (Å²) in [6, 6.07) is 8.83. The van der Waals surface area contributed by atoms with Gasteiger partial charge in [0, 0.05) is 56.0 Å². The first kappa shape index (κ1) is 25.4. The van der Waals surface area contributed by atoms with Crippen molar-refractivity contribution >= 4 is 22.7 Å². The molecule has 1 aliphatic rings. The van der Waals surface area contributed by atoms with Gasteiger partial charge in [0.05, 0.1) is 24.1 Å². The number of likely N-dealkylation sites (tertiary alicyclic amines) is 1. The number of rotatable bonds is 7. The Morgan fingerprint density at radius 2 is 1.94 bits per heavy atom. The summed E-state index contributed by atoms with van der Waals surface area (Å²) >= 11 is 0. The topological polar surface area (TPSA) is 88.2 Å². The van der Waals surface area contributed by atoms with Gasteiger partial charge in [-0.25, -0.2) is 4.98 Å². The zero-order valence-electron chi connectivity index (χ0n) is 21.7. The van der Waals surface area contributed by atoms with Crippen LogP contribution >= 0.6 is 0 Å². The zero-order valence-corrected chi connectivity index (χ0v) is 21.7. The third-order valence-corrected chi connectivity index (χ3v) is 7.55. The van der Waals surface area contributed by atoms with E-state index in [0.29, 0.717) is 22.8 Å². The molecule has 1 saturated heterocycles. The van der Waals surface area contributed by atoms with Crippen molar-refractivity contribution in [1.29, 1.82) is 5.26 Å². The van der Waals surface area contributed by atoms with E-state index in [4.69, 9.17) is 4.74 Å². The molecule has 0 N–H and O–H groups in total. The van der Waals surface area contributed by atoms with Crippen LogP contribution < -0.4 is 4.74 Å². The van der Waals surface area contributed by atoms with Gasteiger partial charge in [0.1, 0.15) is 11.4 Å². The van der Waals surface area contributed by atoms with Crippen LogP contribution in [-0.2, 0) is 18.3 Å². The van der Waals surface area contributed by atoms with Crippen molar-refractivity contribution in [2.45, 2.75) is 46.0 Å². The van der Waals surface area contributed by atoms with Crippen LogP contribution in [0.4, 0.5) is 0 Å². The molecule has 1 aliphatic heterocycles. The highest BCUT2D eigenvalue weighted by Crippen LogP contribution is 2.40. The van der Waals surface area contributed by atoms with Crippen LogP contribution in [0.25, 0.3) is 11.0 Å². The Balaban J connectivity index is 1.62. The van der Waals surface area contributed by atoms with E-state index in [1.807, 2.05) is 23.4 Å². The molecule has 1 fully saturated rings. The minimum absolute atomic E-state index is 0.0253. The predicted octanol–water partition coefficient (Wildman–Crippen LogP) is 4.88.